The smallest absolute Gasteiger partial charge is 0.251 e. The summed E-state index contributed by atoms with van der Waals surface area (Å²) >= 11 is 0. The molecular weight excluding hydrogens is 232 g/mol. The van der Waals surface area contributed by atoms with Crippen molar-refractivity contribution in [2.45, 2.75) is 19.4 Å². The summed E-state index contributed by atoms with van der Waals surface area (Å²) in [4.78, 5) is 15.7. The van der Waals surface area contributed by atoms with Crippen LogP contribution >= 0.6 is 0 Å². The first kappa shape index (κ1) is 13.5. The van der Waals surface area contributed by atoms with Crippen LogP contribution in [0.5, 0.6) is 0 Å². The molecule has 0 aliphatic carbocycles. The minimum atomic E-state index is -0.883. The average Bonchev–Trinajstić information content (AvgIpc) is 2.40. The van der Waals surface area contributed by atoms with Gasteiger partial charge in [0.15, 0.2) is 0 Å². The number of carbonyl (C=O) groups is 1. The van der Waals surface area contributed by atoms with Gasteiger partial charge in [-0.15, -0.1) is 0 Å². The van der Waals surface area contributed by atoms with Crippen LogP contribution in [0.2, 0.25) is 0 Å². The fraction of sp³-hybridized carbons (Fsp3) is 0.769. The zero-order valence-corrected chi connectivity index (χ0v) is 11.0. The fourth-order valence-electron chi connectivity index (χ4n) is 2.40. The van der Waals surface area contributed by atoms with Crippen molar-refractivity contribution in [1.29, 1.82) is 0 Å². The molecule has 1 N–H and O–H groups in total. The third-order valence-electron chi connectivity index (χ3n) is 3.45. The predicted molar refractivity (Wildman–Crippen MR) is 68.2 cm³/mol. The molecule has 0 spiro atoms. The van der Waals surface area contributed by atoms with Gasteiger partial charge in [0.2, 0.25) is 0 Å². The SMILES string of the molecule is CC(O)C(=O)N1CCN(CC2=CCCOC2)CC1. The maximum Gasteiger partial charge on any atom is 0.251 e. The molecule has 1 atom stereocenters. The summed E-state index contributed by atoms with van der Waals surface area (Å²) in [5.41, 5.74) is 1.34. The molecule has 102 valence electrons. The lowest BCUT2D eigenvalue weighted by molar-refractivity contribution is -0.140. The van der Waals surface area contributed by atoms with Crippen molar-refractivity contribution < 1.29 is 14.6 Å². The largest absolute Gasteiger partial charge is 0.384 e. The normalized spacial score (nSPS) is 23.7. The van der Waals surface area contributed by atoms with E-state index in [-0.39, 0.29) is 5.91 Å². The van der Waals surface area contributed by atoms with Crippen LogP contribution in [0.25, 0.3) is 0 Å². The minimum absolute atomic E-state index is 0.158. The number of nitrogens with zero attached hydrogens (tertiary/aromatic N) is 2. The van der Waals surface area contributed by atoms with E-state index in [2.05, 4.69) is 11.0 Å². The Bertz CT molecular complexity index is 320. The van der Waals surface area contributed by atoms with Gasteiger partial charge in [-0.2, -0.15) is 0 Å². The van der Waals surface area contributed by atoms with Gasteiger partial charge in [-0.1, -0.05) is 6.08 Å². The van der Waals surface area contributed by atoms with E-state index >= 15 is 0 Å². The first-order valence-corrected chi connectivity index (χ1v) is 6.61. The molecule has 2 aliphatic rings. The highest BCUT2D eigenvalue weighted by Gasteiger charge is 2.24. The Morgan fingerprint density at radius 2 is 2.17 bits per heavy atom. The molecule has 5 nitrogen and oxygen atoms in total. The molecule has 2 rings (SSSR count). The van der Waals surface area contributed by atoms with Crippen molar-refractivity contribution in [2.24, 2.45) is 0 Å². The van der Waals surface area contributed by atoms with Crippen molar-refractivity contribution in [1.82, 2.24) is 9.80 Å². The minimum Gasteiger partial charge on any atom is -0.384 e. The molecule has 0 bridgehead atoms. The van der Waals surface area contributed by atoms with Crippen molar-refractivity contribution >= 4 is 5.91 Å². The zero-order valence-electron chi connectivity index (χ0n) is 11.0. The summed E-state index contributed by atoms with van der Waals surface area (Å²) in [5, 5.41) is 9.27. The van der Waals surface area contributed by atoms with E-state index in [1.54, 1.807) is 4.90 Å². The number of hydrogen-bond donors (Lipinski definition) is 1. The van der Waals surface area contributed by atoms with Gasteiger partial charge in [0.05, 0.1) is 13.2 Å². The van der Waals surface area contributed by atoms with E-state index in [9.17, 15) is 9.90 Å². The third-order valence-corrected chi connectivity index (χ3v) is 3.45. The van der Waals surface area contributed by atoms with Crippen molar-refractivity contribution in [2.75, 3.05) is 45.9 Å². The standard InChI is InChI=1S/C13H22N2O3/c1-11(16)13(17)15-6-4-14(5-7-15)9-12-3-2-8-18-10-12/h3,11,16H,2,4-10H2,1H3. The van der Waals surface area contributed by atoms with Gasteiger partial charge in [0, 0.05) is 32.7 Å². The summed E-state index contributed by atoms with van der Waals surface area (Å²) in [5.74, 6) is -0.158. The summed E-state index contributed by atoms with van der Waals surface area (Å²) < 4.78 is 5.42. The van der Waals surface area contributed by atoms with E-state index in [1.807, 2.05) is 0 Å². The number of aliphatic hydroxyl groups is 1. The van der Waals surface area contributed by atoms with Gasteiger partial charge in [-0.3, -0.25) is 9.69 Å². The van der Waals surface area contributed by atoms with Gasteiger partial charge < -0.3 is 14.7 Å². The lowest BCUT2D eigenvalue weighted by atomic mass is 10.1. The van der Waals surface area contributed by atoms with E-state index in [0.29, 0.717) is 13.1 Å². The summed E-state index contributed by atoms with van der Waals surface area (Å²) in [6.07, 6.45) is 2.39. The number of amides is 1. The van der Waals surface area contributed by atoms with Gasteiger partial charge in [-0.25, -0.2) is 0 Å². The first-order valence-electron chi connectivity index (χ1n) is 6.61. The molecule has 0 aromatic carbocycles. The second-order valence-electron chi connectivity index (χ2n) is 4.98. The molecular formula is C13H22N2O3. The average molecular weight is 254 g/mol. The highest BCUT2D eigenvalue weighted by molar-refractivity contribution is 5.80. The van der Waals surface area contributed by atoms with E-state index in [1.165, 1.54) is 12.5 Å². The number of hydrogen-bond acceptors (Lipinski definition) is 4. The highest BCUT2D eigenvalue weighted by Crippen LogP contribution is 2.10. The van der Waals surface area contributed by atoms with Crippen LogP contribution in [-0.4, -0.2) is 72.9 Å². The van der Waals surface area contributed by atoms with Crippen LogP contribution in [0.1, 0.15) is 13.3 Å². The van der Waals surface area contributed by atoms with Gasteiger partial charge in [0.25, 0.3) is 5.91 Å². The van der Waals surface area contributed by atoms with Crippen LogP contribution in [0.3, 0.4) is 0 Å². The third kappa shape index (κ3) is 3.54. The molecule has 2 aliphatic heterocycles. The fourth-order valence-corrected chi connectivity index (χ4v) is 2.40. The Labute approximate surface area is 108 Å². The molecule has 0 aromatic heterocycles. The Hall–Kier alpha value is -0.910. The Morgan fingerprint density at radius 1 is 1.44 bits per heavy atom. The number of carbonyl (C=O) groups excluding carboxylic acids is 1. The zero-order chi connectivity index (χ0) is 13.0. The lowest BCUT2D eigenvalue weighted by Crippen LogP contribution is -2.51. The van der Waals surface area contributed by atoms with Crippen LogP contribution < -0.4 is 0 Å². The molecule has 0 radical (unpaired) electrons. The molecule has 1 amide bonds. The number of rotatable bonds is 3. The maximum atomic E-state index is 11.6. The Kier molecular flexibility index (Phi) is 4.74. The molecule has 1 unspecified atom stereocenters. The molecule has 2 heterocycles. The Morgan fingerprint density at radius 3 is 2.72 bits per heavy atom. The van der Waals surface area contributed by atoms with Crippen LogP contribution in [0, 0.1) is 0 Å². The molecule has 1 fully saturated rings. The van der Waals surface area contributed by atoms with Crippen LogP contribution in [-0.2, 0) is 9.53 Å². The molecule has 18 heavy (non-hydrogen) atoms. The summed E-state index contributed by atoms with van der Waals surface area (Å²) in [7, 11) is 0. The van der Waals surface area contributed by atoms with Crippen molar-refractivity contribution in [3.05, 3.63) is 11.6 Å². The lowest BCUT2D eigenvalue weighted by Gasteiger charge is -2.36. The second kappa shape index (κ2) is 6.31. The Balaban J connectivity index is 1.76. The molecule has 0 aromatic rings. The second-order valence-corrected chi connectivity index (χ2v) is 4.98. The number of piperazine rings is 1. The first-order chi connectivity index (χ1) is 8.66. The summed E-state index contributed by atoms with van der Waals surface area (Å²) in [6.45, 7) is 7.20. The van der Waals surface area contributed by atoms with Gasteiger partial charge in [-0.05, 0) is 18.9 Å². The quantitative estimate of drug-likeness (QED) is 0.712. The van der Waals surface area contributed by atoms with E-state index in [4.69, 9.17) is 4.74 Å². The number of aliphatic hydroxyl groups excluding tert-OH is 1. The van der Waals surface area contributed by atoms with Crippen molar-refractivity contribution in [3.8, 4) is 0 Å². The maximum absolute atomic E-state index is 11.6. The van der Waals surface area contributed by atoms with Crippen LogP contribution in [0.4, 0.5) is 0 Å². The molecule has 0 saturated carbocycles. The molecule has 5 heteroatoms. The van der Waals surface area contributed by atoms with Crippen LogP contribution in [0.15, 0.2) is 11.6 Å². The predicted octanol–water partition coefficient (Wildman–Crippen LogP) is -0.142. The topological polar surface area (TPSA) is 53.0 Å². The monoisotopic (exact) mass is 254 g/mol. The number of ether oxygens (including phenoxy) is 1. The highest BCUT2D eigenvalue weighted by atomic mass is 16.5. The van der Waals surface area contributed by atoms with E-state index in [0.717, 1.165) is 39.3 Å². The summed E-state index contributed by atoms with van der Waals surface area (Å²) in [6, 6.07) is 0. The molecule has 1 saturated heterocycles. The van der Waals surface area contributed by atoms with Gasteiger partial charge >= 0.3 is 0 Å². The van der Waals surface area contributed by atoms with E-state index < -0.39 is 6.10 Å². The van der Waals surface area contributed by atoms with Gasteiger partial charge in [0.1, 0.15) is 6.10 Å². The van der Waals surface area contributed by atoms with Crippen molar-refractivity contribution in [3.63, 3.8) is 0 Å².